The van der Waals surface area contributed by atoms with E-state index in [4.69, 9.17) is 19.7 Å². The number of aliphatic hydroxyl groups excluding tert-OH is 1. The van der Waals surface area contributed by atoms with Crippen molar-refractivity contribution >= 4 is 7.82 Å². The summed E-state index contributed by atoms with van der Waals surface area (Å²) in [5, 5.41) is 9.86. The fourth-order valence-electron chi connectivity index (χ4n) is 4.44. The molecule has 8 nitrogen and oxygen atoms in total. The van der Waals surface area contributed by atoms with E-state index in [2.05, 4.69) is 35.8 Å². The van der Waals surface area contributed by atoms with Gasteiger partial charge in [0.2, 0.25) is 0 Å². The Morgan fingerprint density at radius 3 is 1.76 bits per heavy atom. The molecule has 4 N–H and O–H groups in total. The van der Waals surface area contributed by atoms with Crippen LogP contribution in [-0.2, 0) is 23.1 Å². The second-order valence-electron chi connectivity index (χ2n) is 10.9. The molecule has 0 aliphatic carbocycles. The average Bonchev–Trinajstić information content (AvgIpc) is 2.96. The molecule has 0 saturated heterocycles. The largest absolute Gasteiger partial charge is 0.472 e. The van der Waals surface area contributed by atoms with Crippen molar-refractivity contribution in [3.63, 3.8) is 0 Å². The van der Waals surface area contributed by atoms with E-state index in [0.717, 1.165) is 25.7 Å². The molecule has 244 valence electrons. The fourth-order valence-corrected chi connectivity index (χ4v) is 5.21. The van der Waals surface area contributed by atoms with Crippen molar-refractivity contribution < 1.29 is 33.1 Å². The fraction of sp³-hybridized carbons (Fsp3) is 0.875. The highest BCUT2D eigenvalue weighted by atomic mass is 31.2. The summed E-state index contributed by atoms with van der Waals surface area (Å²) in [6.07, 6.45) is 32.5. The van der Waals surface area contributed by atoms with Gasteiger partial charge in [-0.2, -0.15) is 0 Å². The van der Waals surface area contributed by atoms with Crippen molar-refractivity contribution in [1.29, 1.82) is 0 Å². The number of ether oxygens (including phenoxy) is 2. The monoisotopic (exact) mass is 605 g/mol. The maximum Gasteiger partial charge on any atom is 0.472 e. The van der Waals surface area contributed by atoms with Crippen molar-refractivity contribution in [2.24, 2.45) is 5.73 Å². The molecule has 0 aromatic rings. The van der Waals surface area contributed by atoms with Crippen LogP contribution in [0.25, 0.3) is 0 Å². The number of hydrogen-bond donors (Lipinski definition) is 3. The highest BCUT2D eigenvalue weighted by Crippen LogP contribution is 2.42. The maximum atomic E-state index is 11.5. The van der Waals surface area contributed by atoms with E-state index in [1.165, 1.54) is 96.3 Å². The van der Waals surface area contributed by atoms with Gasteiger partial charge in [0.25, 0.3) is 0 Å². The quantitative estimate of drug-likeness (QED) is 0.0401. The number of hydrogen-bond acceptors (Lipinski definition) is 7. The number of nitrogens with two attached hydrogens (primary N) is 1. The first kappa shape index (κ1) is 40.4. The molecule has 0 aliphatic rings. The highest BCUT2D eigenvalue weighted by molar-refractivity contribution is 7.47. The van der Waals surface area contributed by atoms with Crippen LogP contribution in [-0.4, -0.2) is 62.3 Å². The van der Waals surface area contributed by atoms with Crippen molar-refractivity contribution in [3.05, 3.63) is 24.3 Å². The van der Waals surface area contributed by atoms with Crippen molar-refractivity contribution in [3.8, 4) is 0 Å². The molecule has 0 bridgehead atoms. The van der Waals surface area contributed by atoms with Crippen LogP contribution in [0.2, 0.25) is 0 Å². The number of aliphatic hydroxyl groups is 1. The summed E-state index contributed by atoms with van der Waals surface area (Å²) in [5.41, 5.74) is 5.22. The van der Waals surface area contributed by atoms with Gasteiger partial charge < -0.3 is 25.2 Å². The Labute approximate surface area is 252 Å². The third-order valence-electron chi connectivity index (χ3n) is 6.96. The lowest BCUT2D eigenvalue weighted by Gasteiger charge is -2.18. The molecule has 0 heterocycles. The molecule has 9 heteroatoms. The summed E-state index contributed by atoms with van der Waals surface area (Å²) in [7, 11) is -2.56. The molecule has 2 unspecified atom stereocenters. The van der Waals surface area contributed by atoms with E-state index in [0.29, 0.717) is 6.61 Å². The SMILES string of the molecule is CCCCCCCCCCCCCCCC/C=C\CC/C=C\CCC(COC[C@@H](O)COP(=O)(O)OCCN)OC. The first-order valence-corrected chi connectivity index (χ1v) is 17.8. The summed E-state index contributed by atoms with van der Waals surface area (Å²) in [6.45, 7) is 2.21. The summed E-state index contributed by atoms with van der Waals surface area (Å²) < 4.78 is 31.8. The Bertz CT molecular complexity index is 648. The van der Waals surface area contributed by atoms with Gasteiger partial charge in [-0.15, -0.1) is 0 Å². The van der Waals surface area contributed by atoms with Crippen LogP contribution >= 0.6 is 7.82 Å². The zero-order valence-corrected chi connectivity index (χ0v) is 27.3. The predicted molar refractivity (Wildman–Crippen MR) is 170 cm³/mol. The minimum Gasteiger partial charge on any atom is -0.388 e. The number of phosphoric acid groups is 1. The molecule has 0 aromatic carbocycles. The lowest BCUT2D eigenvalue weighted by molar-refractivity contribution is -0.0377. The molecule has 3 atom stereocenters. The third kappa shape index (κ3) is 30.7. The van der Waals surface area contributed by atoms with Crippen molar-refractivity contribution in [2.45, 2.75) is 141 Å². The van der Waals surface area contributed by atoms with Gasteiger partial charge in [0.15, 0.2) is 0 Å². The zero-order chi connectivity index (χ0) is 30.3. The number of allylic oxidation sites excluding steroid dienone is 4. The zero-order valence-electron chi connectivity index (χ0n) is 26.4. The van der Waals surface area contributed by atoms with Crippen LogP contribution in [0.15, 0.2) is 24.3 Å². The van der Waals surface area contributed by atoms with E-state index in [1.807, 2.05) is 0 Å². The van der Waals surface area contributed by atoms with Crippen LogP contribution in [0.5, 0.6) is 0 Å². The molecule has 0 rings (SSSR count). The van der Waals surface area contributed by atoms with Gasteiger partial charge in [0.1, 0.15) is 6.10 Å². The Balaban J connectivity index is 3.56. The molecular formula is C32H64NO7P. The number of unbranched alkanes of at least 4 members (excludes halogenated alkanes) is 15. The first-order chi connectivity index (χ1) is 19.9. The van der Waals surface area contributed by atoms with Gasteiger partial charge in [0.05, 0.1) is 32.5 Å². The standard InChI is InChI=1S/C32H64NO7P/c1-3-4-5-6-7-8-9-10-11-12-13-14-15-16-17-18-19-20-21-22-23-24-25-32(37-2)30-38-28-31(34)29-40-41(35,36)39-27-26-33/h18-19,22-23,31-32,34H,3-17,20-21,24-30,33H2,1-2H3,(H,35,36)/b19-18-,23-22-/t31-,32?/m1/s1. The Morgan fingerprint density at radius 1 is 0.707 bits per heavy atom. The van der Waals surface area contributed by atoms with E-state index >= 15 is 0 Å². The Hall–Kier alpha value is -0.570. The van der Waals surface area contributed by atoms with Crippen LogP contribution in [0, 0.1) is 0 Å². The molecule has 0 aliphatic heterocycles. The average molecular weight is 606 g/mol. The highest BCUT2D eigenvalue weighted by Gasteiger charge is 2.22. The lowest BCUT2D eigenvalue weighted by atomic mass is 10.0. The number of methoxy groups -OCH3 is 1. The predicted octanol–water partition coefficient (Wildman–Crippen LogP) is 8.02. The summed E-state index contributed by atoms with van der Waals surface area (Å²) in [4.78, 5) is 9.42. The third-order valence-corrected chi connectivity index (χ3v) is 7.95. The molecule has 0 aromatic heterocycles. The number of rotatable bonds is 32. The normalized spacial score (nSPS) is 15.1. The minimum absolute atomic E-state index is 0.0295. The van der Waals surface area contributed by atoms with E-state index in [9.17, 15) is 14.6 Å². The first-order valence-electron chi connectivity index (χ1n) is 16.4. The lowest BCUT2D eigenvalue weighted by Crippen LogP contribution is -2.25. The second-order valence-corrected chi connectivity index (χ2v) is 12.4. The topological polar surface area (TPSA) is 120 Å². The van der Waals surface area contributed by atoms with Gasteiger partial charge in [-0.25, -0.2) is 4.57 Å². The number of phosphoric ester groups is 1. The molecule has 0 saturated carbocycles. The molecule has 0 radical (unpaired) electrons. The van der Waals surface area contributed by atoms with Crippen molar-refractivity contribution in [1.82, 2.24) is 0 Å². The van der Waals surface area contributed by atoms with Crippen molar-refractivity contribution in [2.75, 3.05) is 40.1 Å². The molecule has 0 spiro atoms. The van der Waals surface area contributed by atoms with Gasteiger partial charge in [-0.05, 0) is 38.5 Å². The molecule has 41 heavy (non-hydrogen) atoms. The van der Waals surface area contributed by atoms with Crippen LogP contribution in [0.3, 0.4) is 0 Å². The molecule has 0 amide bonds. The Morgan fingerprint density at radius 2 is 1.22 bits per heavy atom. The Kier molecular flexibility index (Phi) is 30.4. The minimum atomic E-state index is -4.20. The van der Waals surface area contributed by atoms with Crippen LogP contribution in [0.1, 0.15) is 129 Å². The second kappa shape index (κ2) is 30.9. The molecule has 0 fully saturated rings. The van der Waals surface area contributed by atoms with E-state index in [1.54, 1.807) is 7.11 Å². The smallest absolute Gasteiger partial charge is 0.388 e. The van der Waals surface area contributed by atoms with Gasteiger partial charge in [-0.1, -0.05) is 115 Å². The maximum absolute atomic E-state index is 11.5. The van der Waals surface area contributed by atoms with Gasteiger partial charge >= 0.3 is 7.82 Å². The van der Waals surface area contributed by atoms with E-state index < -0.39 is 13.9 Å². The summed E-state index contributed by atoms with van der Waals surface area (Å²) >= 11 is 0. The molecular weight excluding hydrogens is 541 g/mol. The van der Waals surface area contributed by atoms with Crippen LogP contribution < -0.4 is 5.73 Å². The van der Waals surface area contributed by atoms with E-state index in [-0.39, 0.29) is 32.5 Å². The summed E-state index contributed by atoms with van der Waals surface area (Å²) in [5.74, 6) is 0. The van der Waals surface area contributed by atoms with Gasteiger partial charge in [-0.3, -0.25) is 9.05 Å². The van der Waals surface area contributed by atoms with Gasteiger partial charge in [0, 0.05) is 13.7 Å². The summed E-state index contributed by atoms with van der Waals surface area (Å²) in [6, 6.07) is 0. The van der Waals surface area contributed by atoms with Crippen LogP contribution in [0.4, 0.5) is 0 Å².